The van der Waals surface area contributed by atoms with E-state index in [0.717, 1.165) is 18.4 Å². The molecule has 2 unspecified atom stereocenters. The predicted octanol–water partition coefficient (Wildman–Crippen LogP) is 2.12. The molecule has 0 radical (unpaired) electrons. The molecule has 1 fully saturated rings. The highest BCUT2D eigenvalue weighted by molar-refractivity contribution is 5.84. The van der Waals surface area contributed by atoms with Gasteiger partial charge < -0.3 is 20.7 Å². The third-order valence-corrected chi connectivity index (χ3v) is 4.87. The number of hydrogen-bond acceptors (Lipinski definition) is 4. The van der Waals surface area contributed by atoms with Crippen molar-refractivity contribution in [3.05, 3.63) is 66.2 Å². The van der Waals surface area contributed by atoms with Gasteiger partial charge in [0, 0.05) is 31.7 Å². The number of carbonyl (C=O) groups excluding carboxylic acids is 2. The highest BCUT2D eigenvalue weighted by atomic mass is 16.5. The minimum Gasteiger partial charge on any atom is -0.476 e. The topological polar surface area (TPSA) is 84.7 Å². The molecule has 1 heterocycles. The summed E-state index contributed by atoms with van der Waals surface area (Å²) in [5, 5.41) is 2.83. The average molecular weight is 381 g/mol. The third-order valence-electron chi connectivity index (χ3n) is 4.87. The van der Waals surface area contributed by atoms with Gasteiger partial charge in [-0.3, -0.25) is 9.59 Å². The number of para-hydroxylation sites is 1. The van der Waals surface area contributed by atoms with E-state index >= 15 is 0 Å². The molecule has 0 aliphatic carbocycles. The van der Waals surface area contributed by atoms with Crippen molar-refractivity contribution < 1.29 is 14.3 Å². The van der Waals surface area contributed by atoms with Crippen LogP contribution in [0.5, 0.6) is 5.75 Å². The first-order valence-electron chi connectivity index (χ1n) is 9.72. The van der Waals surface area contributed by atoms with Crippen LogP contribution in [0.25, 0.3) is 0 Å². The molecule has 1 aliphatic rings. The van der Waals surface area contributed by atoms with Crippen molar-refractivity contribution in [2.24, 2.45) is 11.7 Å². The smallest absolute Gasteiger partial charge is 0.268 e. The highest BCUT2D eigenvalue weighted by Crippen LogP contribution is 2.26. The largest absolute Gasteiger partial charge is 0.476 e. The zero-order valence-corrected chi connectivity index (χ0v) is 15.9. The summed E-state index contributed by atoms with van der Waals surface area (Å²) < 4.78 is 6.07. The number of nitrogens with one attached hydrogen (secondary N) is 1. The first kappa shape index (κ1) is 19.9. The van der Waals surface area contributed by atoms with Crippen LogP contribution in [-0.4, -0.2) is 42.9 Å². The van der Waals surface area contributed by atoms with Crippen molar-refractivity contribution in [2.45, 2.75) is 18.9 Å². The van der Waals surface area contributed by atoms with Gasteiger partial charge in [0.1, 0.15) is 5.75 Å². The highest BCUT2D eigenvalue weighted by Gasteiger charge is 2.33. The van der Waals surface area contributed by atoms with Crippen LogP contribution in [0.15, 0.2) is 60.7 Å². The first-order chi connectivity index (χ1) is 13.7. The first-order valence-corrected chi connectivity index (χ1v) is 9.72. The van der Waals surface area contributed by atoms with E-state index in [1.807, 2.05) is 60.7 Å². The molecule has 2 atom stereocenters. The minimum atomic E-state index is -0.741. The lowest BCUT2D eigenvalue weighted by atomic mass is 9.96. The molecule has 3 N–H and O–H groups in total. The van der Waals surface area contributed by atoms with E-state index in [1.54, 1.807) is 4.90 Å². The lowest BCUT2D eigenvalue weighted by Gasteiger charge is -2.34. The second-order valence-electron chi connectivity index (χ2n) is 6.92. The number of piperidine rings is 1. The van der Waals surface area contributed by atoms with Crippen molar-refractivity contribution in [1.82, 2.24) is 10.2 Å². The van der Waals surface area contributed by atoms with Gasteiger partial charge in [-0.2, -0.15) is 0 Å². The molecule has 6 nitrogen and oxygen atoms in total. The van der Waals surface area contributed by atoms with Crippen LogP contribution < -0.4 is 15.8 Å². The van der Waals surface area contributed by atoms with Gasteiger partial charge in [-0.05, 0) is 25.0 Å². The fourth-order valence-electron chi connectivity index (χ4n) is 3.42. The molecule has 6 heteroatoms. The number of amides is 2. The molecule has 0 aromatic heterocycles. The molecular formula is C22H27N3O3. The van der Waals surface area contributed by atoms with Crippen molar-refractivity contribution >= 4 is 11.8 Å². The summed E-state index contributed by atoms with van der Waals surface area (Å²) in [6.07, 6.45) is 0.823. The monoisotopic (exact) mass is 381 g/mol. The number of hydrogen-bond donors (Lipinski definition) is 2. The Morgan fingerprint density at radius 3 is 2.46 bits per heavy atom. The van der Waals surface area contributed by atoms with Crippen LogP contribution in [0.1, 0.15) is 24.5 Å². The number of ether oxygens (including phenoxy) is 1. The summed E-state index contributed by atoms with van der Waals surface area (Å²) in [4.78, 5) is 27.4. The van der Waals surface area contributed by atoms with Gasteiger partial charge in [-0.15, -0.1) is 0 Å². The van der Waals surface area contributed by atoms with Crippen molar-refractivity contribution in [1.29, 1.82) is 0 Å². The molecule has 1 saturated heterocycles. The van der Waals surface area contributed by atoms with Crippen LogP contribution in [0.3, 0.4) is 0 Å². The van der Waals surface area contributed by atoms with Gasteiger partial charge in [0.05, 0.1) is 5.92 Å². The second-order valence-corrected chi connectivity index (χ2v) is 6.92. The molecule has 2 aromatic carbocycles. The van der Waals surface area contributed by atoms with Crippen molar-refractivity contribution in [3.8, 4) is 5.75 Å². The Kier molecular flexibility index (Phi) is 7.03. The van der Waals surface area contributed by atoms with E-state index < -0.39 is 6.10 Å². The lowest BCUT2D eigenvalue weighted by molar-refractivity contribution is -0.142. The number of nitrogens with two attached hydrogens (primary N) is 1. The van der Waals surface area contributed by atoms with Gasteiger partial charge in [-0.25, -0.2) is 0 Å². The van der Waals surface area contributed by atoms with Gasteiger partial charge in [-0.1, -0.05) is 48.5 Å². The lowest BCUT2D eigenvalue weighted by Crippen LogP contribution is -2.48. The van der Waals surface area contributed by atoms with Crippen LogP contribution in [0, 0.1) is 5.92 Å². The van der Waals surface area contributed by atoms with Crippen molar-refractivity contribution in [2.75, 3.05) is 26.2 Å². The summed E-state index contributed by atoms with van der Waals surface area (Å²) in [6, 6.07) is 18.8. The molecule has 0 spiro atoms. The van der Waals surface area contributed by atoms with Crippen LogP contribution >= 0.6 is 0 Å². The molecule has 0 bridgehead atoms. The number of carbonyl (C=O) groups is 2. The van der Waals surface area contributed by atoms with Crippen LogP contribution in [0.2, 0.25) is 0 Å². The number of likely N-dealkylation sites (tertiary alicyclic amines) is 1. The number of rotatable bonds is 7. The summed E-state index contributed by atoms with van der Waals surface area (Å²) in [6.45, 7) is 1.88. The normalized spacial score (nSPS) is 17.6. The van der Waals surface area contributed by atoms with Gasteiger partial charge in [0.15, 0.2) is 0 Å². The van der Waals surface area contributed by atoms with E-state index in [2.05, 4.69) is 5.32 Å². The molecule has 148 valence electrons. The zero-order chi connectivity index (χ0) is 19.8. The fraction of sp³-hybridized carbons (Fsp3) is 0.364. The predicted molar refractivity (Wildman–Crippen MR) is 108 cm³/mol. The maximum absolute atomic E-state index is 13.3. The molecular weight excluding hydrogens is 354 g/mol. The van der Waals surface area contributed by atoms with Crippen LogP contribution in [-0.2, 0) is 9.59 Å². The van der Waals surface area contributed by atoms with E-state index in [-0.39, 0.29) is 17.7 Å². The van der Waals surface area contributed by atoms with E-state index in [1.165, 1.54) is 0 Å². The quantitative estimate of drug-likeness (QED) is 0.769. The van der Waals surface area contributed by atoms with E-state index in [9.17, 15) is 9.59 Å². The maximum Gasteiger partial charge on any atom is 0.268 e. The van der Waals surface area contributed by atoms with E-state index in [4.69, 9.17) is 10.5 Å². The molecule has 1 aliphatic heterocycles. The summed E-state index contributed by atoms with van der Waals surface area (Å²) in [5.74, 6) is 0.269. The maximum atomic E-state index is 13.3. The van der Waals surface area contributed by atoms with Crippen molar-refractivity contribution in [3.63, 3.8) is 0 Å². The molecule has 0 saturated carbocycles. The number of nitrogens with zero attached hydrogens (tertiary/aromatic N) is 1. The fourth-order valence-corrected chi connectivity index (χ4v) is 3.42. The number of benzene rings is 2. The third kappa shape index (κ3) is 5.10. The Morgan fingerprint density at radius 1 is 1.11 bits per heavy atom. The Balaban J connectivity index is 1.76. The summed E-state index contributed by atoms with van der Waals surface area (Å²) in [7, 11) is 0. The van der Waals surface area contributed by atoms with Gasteiger partial charge >= 0.3 is 0 Å². The standard InChI is InChI=1S/C22H27N3O3/c23-13-14-24-21(26)18-10-7-15-25(16-18)22(27)20(17-8-3-1-4-9-17)28-19-11-5-2-6-12-19/h1-6,8-9,11-12,18,20H,7,10,13-16,23H2,(H,24,26). The Hall–Kier alpha value is -2.86. The molecule has 2 aromatic rings. The second kappa shape index (κ2) is 9.90. The molecule has 28 heavy (non-hydrogen) atoms. The van der Waals surface area contributed by atoms with E-state index in [0.29, 0.717) is 31.9 Å². The molecule has 2 amide bonds. The zero-order valence-electron chi connectivity index (χ0n) is 15.9. The van der Waals surface area contributed by atoms with Gasteiger partial charge in [0.2, 0.25) is 12.0 Å². The van der Waals surface area contributed by atoms with Crippen LogP contribution in [0.4, 0.5) is 0 Å². The Morgan fingerprint density at radius 2 is 1.79 bits per heavy atom. The average Bonchev–Trinajstić information content (AvgIpc) is 2.76. The Labute approximate surface area is 165 Å². The molecule has 3 rings (SSSR count). The SMILES string of the molecule is NCCNC(=O)C1CCCN(C(=O)C(Oc2ccccc2)c2ccccc2)C1. The summed E-state index contributed by atoms with van der Waals surface area (Å²) >= 11 is 0. The Bertz CT molecular complexity index is 767. The summed E-state index contributed by atoms with van der Waals surface area (Å²) in [5.41, 5.74) is 6.26. The van der Waals surface area contributed by atoms with Gasteiger partial charge in [0.25, 0.3) is 5.91 Å². The minimum absolute atomic E-state index is 0.0387.